The van der Waals surface area contributed by atoms with Crippen molar-refractivity contribution < 1.29 is 27.6 Å². The zero-order valence-electron chi connectivity index (χ0n) is 29.1. The highest BCUT2D eigenvalue weighted by Crippen LogP contribution is 2.51. The SMILES string of the molecule is C=CCNC(=O)C(=O)C(CC1CC1)NC(=O)[C@@H]1CCCN1C(=O)C([C@H](CN1Cc2ccccc2S1(=O)=O)C(C)(C)C)C1(C)CCCCC1. The van der Waals surface area contributed by atoms with Gasteiger partial charge >= 0.3 is 0 Å². The number of rotatable bonds is 13. The highest BCUT2D eigenvalue weighted by atomic mass is 32.2. The van der Waals surface area contributed by atoms with Gasteiger partial charge in [0.2, 0.25) is 27.6 Å². The van der Waals surface area contributed by atoms with E-state index in [0.717, 1.165) is 50.5 Å². The van der Waals surface area contributed by atoms with Crippen molar-refractivity contribution in [1.82, 2.24) is 19.8 Å². The van der Waals surface area contributed by atoms with Gasteiger partial charge in [-0.1, -0.05) is 84.1 Å². The van der Waals surface area contributed by atoms with Gasteiger partial charge in [-0.15, -0.1) is 6.58 Å². The second kappa shape index (κ2) is 14.4. The van der Waals surface area contributed by atoms with E-state index in [-0.39, 0.29) is 42.8 Å². The summed E-state index contributed by atoms with van der Waals surface area (Å²) >= 11 is 0. The van der Waals surface area contributed by atoms with E-state index < -0.39 is 51.0 Å². The summed E-state index contributed by atoms with van der Waals surface area (Å²) in [7, 11) is -3.72. The molecule has 2 aliphatic carbocycles. The molecule has 1 saturated heterocycles. The molecule has 2 N–H and O–H groups in total. The summed E-state index contributed by atoms with van der Waals surface area (Å²) in [5, 5.41) is 5.41. The molecule has 5 rings (SSSR count). The number of hydrogen-bond donors (Lipinski definition) is 2. The number of carbonyl (C=O) groups excluding carboxylic acids is 4. The second-order valence-corrected chi connectivity index (χ2v) is 17.8. The van der Waals surface area contributed by atoms with Crippen LogP contribution in [0.15, 0.2) is 41.8 Å². The van der Waals surface area contributed by atoms with Crippen molar-refractivity contribution in [3.63, 3.8) is 0 Å². The number of carbonyl (C=O) groups is 4. The van der Waals surface area contributed by atoms with E-state index in [2.05, 4.69) is 44.9 Å². The normalized spacial score (nSPS) is 23.8. The standard InChI is InChI=1S/C37H54N4O6S/c1-6-20-38-34(44)32(42)28(22-25-16-17-25)39-33(43)29-14-12-21-41(29)35(45)31(37(5)18-10-7-11-19-37)27(36(2,3)4)24-40-23-26-13-8-9-15-30(26)48(40,46)47/h6,8-9,13,15,25,27-29,31H,1,7,10-12,14,16-24H2,2-5H3,(H,38,44)(H,39,43)/t27-,28?,29-,31?/m0/s1. The molecule has 0 bridgehead atoms. The number of ketones is 1. The Kier molecular flexibility index (Phi) is 10.9. The minimum Gasteiger partial charge on any atom is -0.346 e. The fourth-order valence-corrected chi connectivity index (χ4v) is 9.92. The van der Waals surface area contributed by atoms with Gasteiger partial charge in [0, 0.05) is 32.1 Å². The fraction of sp³-hybridized carbons (Fsp3) is 0.676. The molecular formula is C37H54N4O6S. The summed E-state index contributed by atoms with van der Waals surface area (Å²) in [6.07, 6.45) is 9.69. The quantitative estimate of drug-likeness (QED) is 0.231. The van der Waals surface area contributed by atoms with Gasteiger partial charge in [0.1, 0.15) is 6.04 Å². The molecule has 3 fully saturated rings. The number of amides is 3. The van der Waals surface area contributed by atoms with Crippen LogP contribution >= 0.6 is 0 Å². The summed E-state index contributed by atoms with van der Waals surface area (Å²) in [6.45, 7) is 13.0. The maximum atomic E-state index is 15.1. The summed E-state index contributed by atoms with van der Waals surface area (Å²) in [5.41, 5.74) is -0.0361. The monoisotopic (exact) mass is 682 g/mol. The van der Waals surface area contributed by atoms with E-state index in [4.69, 9.17) is 0 Å². The third-order valence-electron chi connectivity index (χ3n) is 11.2. The molecule has 11 heteroatoms. The van der Waals surface area contributed by atoms with Crippen LogP contribution in [-0.2, 0) is 35.7 Å². The average Bonchev–Trinajstić information content (AvgIpc) is 3.64. The Hall–Kier alpha value is -3.05. The van der Waals surface area contributed by atoms with Crippen molar-refractivity contribution >= 4 is 33.5 Å². The lowest BCUT2D eigenvalue weighted by atomic mass is 9.58. The lowest BCUT2D eigenvalue weighted by Gasteiger charge is -2.49. The minimum atomic E-state index is -3.72. The number of Topliss-reactive ketones (excluding diaryl/α,β-unsaturated/α-hetero) is 1. The summed E-state index contributed by atoms with van der Waals surface area (Å²) in [5.74, 6) is -2.51. The molecule has 2 heterocycles. The summed E-state index contributed by atoms with van der Waals surface area (Å²) < 4.78 is 29.0. The van der Waals surface area contributed by atoms with Crippen LogP contribution in [0.25, 0.3) is 0 Å². The molecule has 2 aliphatic heterocycles. The first-order valence-electron chi connectivity index (χ1n) is 17.8. The first-order chi connectivity index (χ1) is 22.7. The number of fused-ring (bicyclic) bond motifs is 1. The second-order valence-electron chi connectivity index (χ2n) is 15.9. The summed E-state index contributed by atoms with van der Waals surface area (Å²) in [4.78, 5) is 56.8. The Balaban J connectivity index is 1.43. The van der Waals surface area contributed by atoms with Crippen LogP contribution in [0, 0.1) is 28.6 Å². The molecule has 2 unspecified atom stereocenters. The molecule has 0 spiro atoms. The topological polar surface area (TPSA) is 133 Å². The number of hydrogen-bond acceptors (Lipinski definition) is 6. The lowest BCUT2D eigenvalue weighted by Crippen LogP contribution is -2.57. The molecule has 1 aromatic rings. The number of benzene rings is 1. The molecule has 0 radical (unpaired) electrons. The van der Waals surface area contributed by atoms with Gasteiger partial charge in [0.25, 0.3) is 5.91 Å². The van der Waals surface area contributed by atoms with Crippen LogP contribution < -0.4 is 10.6 Å². The predicted molar refractivity (Wildman–Crippen MR) is 184 cm³/mol. The van der Waals surface area contributed by atoms with Gasteiger partial charge in [-0.2, -0.15) is 4.31 Å². The Morgan fingerprint density at radius 2 is 1.73 bits per heavy atom. The molecule has 48 heavy (non-hydrogen) atoms. The van der Waals surface area contributed by atoms with Gasteiger partial charge in [-0.05, 0) is 66.4 Å². The van der Waals surface area contributed by atoms with E-state index in [9.17, 15) is 22.8 Å². The average molecular weight is 683 g/mol. The van der Waals surface area contributed by atoms with E-state index in [1.165, 1.54) is 6.08 Å². The van der Waals surface area contributed by atoms with E-state index in [0.29, 0.717) is 30.7 Å². The van der Waals surface area contributed by atoms with Crippen LogP contribution in [0.1, 0.15) is 97.5 Å². The van der Waals surface area contributed by atoms with Crippen molar-refractivity contribution in [2.45, 2.75) is 115 Å². The third kappa shape index (κ3) is 7.72. The number of nitrogens with zero attached hydrogens (tertiary/aromatic N) is 2. The van der Waals surface area contributed by atoms with Crippen LogP contribution in [0.3, 0.4) is 0 Å². The molecule has 4 atom stereocenters. The van der Waals surface area contributed by atoms with Gasteiger partial charge in [0.05, 0.1) is 10.9 Å². The van der Waals surface area contributed by atoms with Crippen molar-refractivity contribution in [1.29, 1.82) is 0 Å². The number of sulfonamides is 1. The molecule has 10 nitrogen and oxygen atoms in total. The highest BCUT2D eigenvalue weighted by molar-refractivity contribution is 7.89. The largest absolute Gasteiger partial charge is 0.346 e. The zero-order valence-corrected chi connectivity index (χ0v) is 29.9. The van der Waals surface area contributed by atoms with E-state index in [1.54, 1.807) is 21.3 Å². The van der Waals surface area contributed by atoms with Crippen LogP contribution in [0.4, 0.5) is 0 Å². The molecule has 1 aromatic carbocycles. The Bertz CT molecular complexity index is 1510. The highest BCUT2D eigenvalue weighted by Gasteiger charge is 2.53. The predicted octanol–water partition coefficient (Wildman–Crippen LogP) is 4.59. The van der Waals surface area contributed by atoms with E-state index in [1.807, 2.05) is 12.1 Å². The lowest BCUT2D eigenvalue weighted by molar-refractivity contribution is -0.152. The molecular weight excluding hydrogens is 628 g/mol. The smallest absolute Gasteiger partial charge is 0.289 e. The van der Waals surface area contributed by atoms with Gasteiger partial charge in [-0.25, -0.2) is 8.42 Å². The number of likely N-dealkylation sites (tertiary alicyclic amines) is 1. The van der Waals surface area contributed by atoms with Crippen LogP contribution in [0.2, 0.25) is 0 Å². The van der Waals surface area contributed by atoms with Crippen LogP contribution in [-0.4, -0.2) is 72.8 Å². The molecule has 0 aromatic heterocycles. The van der Waals surface area contributed by atoms with Crippen LogP contribution in [0.5, 0.6) is 0 Å². The minimum absolute atomic E-state index is 0.111. The number of nitrogens with one attached hydrogen (secondary N) is 2. The molecule has 3 amide bonds. The Morgan fingerprint density at radius 3 is 2.35 bits per heavy atom. The third-order valence-corrected chi connectivity index (χ3v) is 13.1. The van der Waals surface area contributed by atoms with Crippen molar-refractivity contribution in [3.05, 3.63) is 42.5 Å². The first-order valence-corrected chi connectivity index (χ1v) is 19.2. The Labute approximate surface area is 286 Å². The molecule has 2 saturated carbocycles. The Morgan fingerprint density at radius 1 is 1.04 bits per heavy atom. The van der Waals surface area contributed by atoms with Crippen molar-refractivity contribution in [3.8, 4) is 0 Å². The molecule has 264 valence electrons. The van der Waals surface area contributed by atoms with Gasteiger partial charge in [0.15, 0.2) is 0 Å². The van der Waals surface area contributed by atoms with Crippen molar-refractivity contribution in [2.75, 3.05) is 19.6 Å². The van der Waals surface area contributed by atoms with Gasteiger partial charge < -0.3 is 15.5 Å². The maximum absolute atomic E-state index is 15.1. The van der Waals surface area contributed by atoms with Gasteiger partial charge in [-0.3, -0.25) is 19.2 Å². The van der Waals surface area contributed by atoms with Crippen molar-refractivity contribution in [2.24, 2.45) is 28.6 Å². The zero-order chi connectivity index (χ0) is 34.9. The van der Waals surface area contributed by atoms with E-state index >= 15 is 4.79 Å². The maximum Gasteiger partial charge on any atom is 0.289 e. The first kappa shape index (κ1) is 36.2. The molecule has 4 aliphatic rings. The summed E-state index contributed by atoms with van der Waals surface area (Å²) in [6, 6.07) is 5.37. The fourth-order valence-electron chi connectivity index (χ4n) is 8.27.